The molecule has 1 amide bonds. The summed E-state index contributed by atoms with van der Waals surface area (Å²) in [5.74, 6) is -3.05. The van der Waals surface area contributed by atoms with Crippen molar-refractivity contribution in [3.8, 4) is 0 Å². The molecule has 5 rings (SSSR count). The number of alkyl halides is 4. The number of halogens is 5. The highest BCUT2D eigenvalue weighted by molar-refractivity contribution is 5.98. The van der Waals surface area contributed by atoms with Gasteiger partial charge in [0.2, 0.25) is 0 Å². The summed E-state index contributed by atoms with van der Waals surface area (Å²) in [4.78, 5) is 32.9. The van der Waals surface area contributed by atoms with Crippen LogP contribution in [-0.2, 0) is 31.9 Å². The van der Waals surface area contributed by atoms with Crippen LogP contribution in [0.2, 0.25) is 0 Å². The number of fused-ring (bicyclic) bond motifs is 1. The van der Waals surface area contributed by atoms with Crippen molar-refractivity contribution in [2.45, 2.75) is 88.3 Å². The highest BCUT2D eigenvalue weighted by atomic mass is 19.4. The number of anilines is 1. The van der Waals surface area contributed by atoms with Crippen LogP contribution < -0.4 is 10.6 Å². The van der Waals surface area contributed by atoms with Gasteiger partial charge in [0.05, 0.1) is 24.9 Å². The second-order valence-electron chi connectivity index (χ2n) is 13.1. The van der Waals surface area contributed by atoms with Crippen molar-refractivity contribution in [1.29, 1.82) is 0 Å². The molecule has 3 aliphatic heterocycles. The smallest absolute Gasteiger partial charge is 0.410 e. The molecule has 0 aromatic carbocycles. The Morgan fingerprint density at radius 1 is 1.27 bits per heavy atom. The van der Waals surface area contributed by atoms with Gasteiger partial charge in [-0.25, -0.2) is 18.6 Å². The van der Waals surface area contributed by atoms with E-state index >= 15 is 8.78 Å². The summed E-state index contributed by atoms with van der Waals surface area (Å²) >= 11 is 0. The fourth-order valence-electron chi connectivity index (χ4n) is 6.88. The predicted molar refractivity (Wildman–Crippen MR) is 167 cm³/mol. The van der Waals surface area contributed by atoms with Crippen LogP contribution in [0.1, 0.15) is 56.7 Å². The van der Waals surface area contributed by atoms with Gasteiger partial charge >= 0.3 is 12.1 Å². The van der Waals surface area contributed by atoms with E-state index in [0.29, 0.717) is 12.6 Å². The number of nitrogens with one attached hydrogen (secondary N) is 2. The Kier molecular flexibility index (Phi) is 11.6. The van der Waals surface area contributed by atoms with Gasteiger partial charge in [-0.05, 0) is 76.2 Å². The van der Waals surface area contributed by atoms with Crippen molar-refractivity contribution in [2.75, 3.05) is 57.9 Å². The number of ether oxygens (including phenoxy) is 2. The second kappa shape index (κ2) is 15.5. The minimum Gasteiger partial charge on any atom is -0.480 e. The molecule has 1 aliphatic carbocycles. The number of hydrogen-bond donors (Lipinski definition) is 3. The molecule has 2 fully saturated rings. The first-order valence-corrected chi connectivity index (χ1v) is 16.6. The summed E-state index contributed by atoms with van der Waals surface area (Å²) in [6, 6.07) is 0.657. The molecule has 4 atom stereocenters. The quantitative estimate of drug-likeness (QED) is 0.277. The van der Waals surface area contributed by atoms with Gasteiger partial charge in [0, 0.05) is 50.5 Å². The number of carboxylic acid groups (broad SMARTS) is 1. The standard InChI is InChI=1S/C33H44F5N5O5/c1-32(35)18-23(43-14-16-47-20-27(43)33(36,37)38)17-25(34)28(32)30(44)41-26(31(45)46)10-15-48-24-7-4-13-42(19-24)12-3-6-22-9-8-21-5-2-11-39-29(21)40-22/h8-9,17,24,26-27H,2-7,10-16,18-20H2,1H3,(H,39,40)(H,41,44)(H,45,46)/t24?,26-,27+,32?/m0/s1. The van der Waals surface area contributed by atoms with Gasteiger partial charge in [-0.15, -0.1) is 0 Å². The van der Waals surface area contributed by atoms with Crippen molar-refractivity contribution in [2.24, 2.45) is 0 Å². The Bertz CT molecular complexity index is 1390. The number of pyridine rings is 1. The molecule has 0 saturated carbocycles. The van der Waals surface area contributed by atoms with Crippen LogP contribution in [0.25, 0.3) is 0 Å². The molecule has 1 aromatic heterocycles. The number of carboxylic acids is 1. The van der Waals surface area contributed by atoms with E-state index in [1.807, 2.05) is 0 Å². The molecule has 4 heterocycles. The van der Waals surface area contributed by atoms with Gasteiger partial charge < -0.3 is 35.0 Å². The molecule has 1 aromatic rings. The lowest BCUT2D eigenvalue weighted by molar-refractivity contribution is -0.206. The maximum atomic E-state index is 15.8. The summed E-state index contributed by atoms with van der Waals surface area (Å²) < 4.78 is 82.6. The second-order valence-corrected chi connectivity index (χ2v) is 13.1. The van der Waals surface area contributed by atoms with Crippen molar-refractivity contribution in [3.63, 3.8) is 0 Å². The first kappa shape index (κ1) is 36.0. The molecule has 2 unspecified atom stereocenters. The van der Waals surface area contributed by atoms with E-state index in [9.17, 15) is 27.9 Å². The number of nitrogens with zero attached hydrogens (tertiary/aromatic N) is 3. The van der Waals surface area contributed by atoms with Gasteiger partial charge in [-0.2, -0.15) is 13.2 Å². The van der Waals surface area contributed by atoms with Crippen molar-refractivity contribution < 1.29 is 46.1 Å². The van der Waals surface area contributed by atoms with Crippen LogP contribution >= 0.6 is 0 Å². The predicted octanol–water partition coefficient (Wildman–Crippen LogP) is 4.32. The van der Waals surface area contributed by atoms with Crippen LogP contribution in [0, 0.1) is 0 Å². The number of piperidine rings is 1. The Morgan fingerprint density at radius 2 is 2.08 bits per heavy atom. The Balaban J connectivity index is 1.11. The topological polar surface area (TPSA) is 116 Å². The Morgan fingerprint density at radius 3 is 2.83 bits per heavy atom. The van der Waals surface area contributed by atoms with Gasteiger partial charge in [0.1, 0.15) is 29.4 Å². The minimum atomic E-state index is -4.70. The molecule has 0 radical (unpaired) electrons. The largest absolute Gasteiger partial charge is 0.480 e. The molecule has 48 heavy (non-hydrogen) atoms. The summed E-state index contributed by atoms with van der Waals surface area (Å²) in [5.41, 5.74) is -1.59. The van der Waals surface area contributed by atoms with E-state index < -0.39 is 60.2 Å². The molecular formula is C33H44F5N5O5. The van der Waals surface area contributed by atoms with Crippen LogP contribution in [0.5, 0.6) is 0 Å². The van der Waals surface area contributed by atoms with Crippen molar-refractivity contribution >= 4 is 17.7 Å². The maximum absolute atomic E-state index is 15.8. The number of morpholine rings is 1. The lowest BCUT2D eigenvalue weighted by Crippen LogP contribution is -2.54. The summed E-state index contributed by atoms with van der Waals surface area (Å²) in [5, 5.41) is 15.3. The molecular weight excluding hydrogens is 641 g/mol. The molecule has 15 heteroatoms. The normalized spacial score (nSPS) is 26.0. The molecule has 10 nitrogen and oxygen atoms in total. The van der Waals surface area contributed by atoms with Crippen LogP contribution in [-0.4, -0.2) is 114 Å². The zero-order valence-corrected chi connectivity index (χ0v) is 27.1. The summed E-state index contributed by atoms with van der Waals surface area (Å²) in [6.45, 7) is 3.32. The molecule has 4 aliphatic rings. The number of hydrogen-bond acceptors (Lipinski definition) is 8. The lowest BCUT2D eigenvalue weighted by atomic mass is 9.85. The van der Waals surface area contributed by atoms with Gasteiger partial charge in [-0.3, -0.25) is 4.79 Å². The average molecular weight is 686 g/mol. The average Bonchev–Trinajstić information content (AvgIpc) is 3.03. The van der Waals surface area contributed by atoms with Crippen LogP contribution in [0.4, 0.5) is 27.8 Å². The van der Waals surface area contributed by atoms with E-state index in [-0.39, 0.29) is 38.0 Å². The zero-order chi connectivity index (χ0) is 34.5. The monoisotopic (exact) mass is 685 g/mol. The molecule has 266 valence electrons. The number of carbonyl (C=O) groups is 2. The Labute approximate surface area is 276 Å². The third-order valence-corrected chi connectivity index (χ3v) is 9.35. The fraction of sp³-hybridized carbons (Fsp3) is 0.667. The number of rotatable bonds is 12. The third-order valence-electron chi connectivity index (χ3n) is 9.35. The van der Waals surface area contributed by atoms with Gasteiger partial charge in [-0.1, -0.05) is 6.07 Å². The number of aryl methyl sites for hydroxylation is 2. The molecule has 0 bridgehead atoms. The van der Waals surface area contributed by atoms with Crippen molar-refractivity contribution in [1.82, 2.24) is 20.1 Å². The Hall–Kier alpha value is -3.30. The van der Waals surface area contributed by atoms with Crippen LogP contribution in [0.15, 0.2) is 35.3 Å². The van der Waals surface area contributed by atoms with E-state index in [4.69, 9.17) is 14.5 Å². The summed E-state index contributed by atoms with van der Waals surface area (Å²) in [6.07, 6.45) is 0.692. The SMILES string of the molecule is CC1(F)CC(N2CCOC[C@@H]2C(F)(F)F)=CC(F)=C1C(=O)N[C@@H](CCOC1CCCN(CCCc2ccc3c(n2)NCCC3)C1)C(=O)O. The van der Waals surface area contributed by atoms with E-state index in [2.05, 4.69) is 27.7 Å². The molecule has 2 saturated heterocycles. The first-order chi connectivity index (χ1) is 22.8. The number of aliphatic carboxylic acids is 1. The van der Waals surface area contributed by atoms with Gasteiger partial charge in [0.15, 0.2) is 0 Å². The van der Waals surface area contributed by atoms with E-state index in [1.54, 1.807) is 0 Å². The number of aromatic nitrogens is 1. The molecule has 0 spiro atoms. The third kappa shape index (κ3) is 9.03. The number of likely N-dealkylation sites (tertiary alicyclic amines) is 1. The fourth-order valence-corrected chi connectivity index (χ4v) is 6.88. The van der Waals surface area contributed by atoms with E-state index in [0.717, 1.165) is 81.5 Å². The highest BCUT2D eigenvalue weighted by Gasteiger charge is 2.49. The lowest BCUT2D eigenvalue weighted by Gasteiger charge is -2.42. The van der Waals surface area contributed by atoms with Crippen molar-refractivity contribution in [3.05, 3.63) is 46.6 Å². The highest BCUT2D eigenvalue weighted by Crippen LogP contribution is 2.41. The first-order valence-electron chi connectivity index (χ1n) is 16.6. The summed E-state index contributed by atoms with van der Waals surface area (Å²) in [7, 11) is 0. The molecule has 3 N–H and O–H groups in total. The van der Waals surface area contributed by atoms with E-state index in [1.165, 1.54) is 5.56 Å². The number of amides is 1. The number of carbonyl (C=O) groups excluding carboxylic acids is 1. The minimum absolute atomic E-state index is 0.00384. The zero-order valence-electron chi connectivity index (χ0n) is 27.1. The number of allylic oxidation sites excluding steroid dienone is 3. The maximum Gasteiger partial charge on any atom is 0.410 e. The van der Waals surface area contributed by atoms with Gasteiger partial charge in [0.25, 0.3) is 5.91 Å². The van der Waals surface area contributed by atoms with Crippen LogP contribution in [0.3, 0.4) is 0 Å².